The number of rotatable bonds is 16. The van der Waals surface area contributed by atoms with Crippen molar-refractivity contribution in [2.75, 3.05) is 34.2 Å². The van der Waals surface area contributed by atoms with E-state index in [0.29, 0.717) is 58.2 Å². The van der Waals surface area contributed by atoms with Crippen LogP contribution in [-0.4, -0.2) is 67.5 Å². The molecule has 2 atom stereocenters. The maximum Gasteiger partial charge on any atom is 0.175 e. The van der Waals surface area contributed by atoms with Crippen LogP contribution in [0, 0.1) is 17.2 Å². The van der Waals surface area contributed by atoms with Gasteiger partial charge >= 0.3 is 0 Å². The van der Waals surface area contributed by atoms with E-state index in [9.17, 15) is 0 Å². The molecule has 0 aliphatic carbocycles. The molecule has 0 aliphatic rings. The average Bonchev–Trinajstić information content (AvgIpc) is 3.91. The van der Waals surface area contributed by atoms with Crippen LogP contribution in [0.4, 0.5) is 5.82 Å². The summed E-state index contributed by atoms with van der Waals surface area (Å²) in [6.07, 6.45) is 3.17. The summed E-state index contributed by atoms with van der Waals surface area (Å²) in [5.74, 6) is 4.48. The van der Waals surface area contributed by atoms with Crippen molar-refractivity contribution in [3.8, 4) is 23.0 Å². The molecule has 4 heterocycles. The molecule has 4 aromatic carbocycles. The topological polar surface area (TPSA) is 177 Å². The van der Waals surface area contributed by atoms with Gasteiger partial charge in [-0.25, -0.2) is 24.9 Å². The van der Waals surface area contributed by atoms with Gasteiger partial charge in [0.05, 0.1) is 44.6 Å². The van der Waals surface area contributed by atoms with Crippen molar-refractivity contribution in [1.82, 2.24) is 39.0 Å². The Hall–Kier alpha value is -5.94. The number of hydrogen-bond donors (Lipinski definition) is 3. The molecular weight excluding hydrogens is 916 g/mol. The van der Waals surface area contributed by atoms with Crippen LogP contribution in [0.25, 0.3) is 22.3 Å². The van der Waals surface area contributed by atoms with E-state index < -0.39 is 0 Å². The van der Waals surface area contributed by atoms with Gasteiger partial charge in [0.1, 0.15) is 34.8 Å². The molecule has 0 saturated heterocycles. The minimum absolute atomic E-state index is 0.158. The number of ether oxygens (including phenoxy) is 4. The minimum atomic E-state index is 0.158. The van der Waals surface area contributed by atoms with Gasteiger partial charge in [-0.2, -0.15) is 0 Å². The fourth-order valence-corrected chi connectivity index (χ4v) is 9.69. The van der Waals surface area contributed by atoms with Crippen molar-refractivity contribution >= 4 is 74.9 Å². The predicted molar refractivity (Wildman–Crippen MR) is 263 cm³/mol. The largest absolute Gasteiger partial charge is 0.497 e. The van der Waals surface area contributed by atoms with Crippen molar-refractivity contribution < 1.29 is 18.9 Å². The van der Waals surface area contributed by atoms with Gasteiger partial charge in [0.15, 0.2) is 38.4 Å². The number of nitrogen functional groups attached to an aromatic ring is 1. The first-order valence-electron chi connectivity index (χ1n) is 21.1. The van der Waals surface area contributed by atoms with E-state index in [1.54, 1.807) is 34.8 Å². The van der Waals surface area contributed by atoms with Gasteiger partial charge in [-0.05, 0) is 107 Å². The number of aromatic amines is 1. The van der Waals surface area contributed by atoms with Gasteiger partial charge in [-0.3, -0.25) is 5.41 Å². The van der Waals surface area contributed by atoms with Crippen LogP contribution in [0.5, 0.6) is 23.0 Å². The third-order valence-electron chi connectivity index (χ3n) is 11.2. The number of fused-ring (bicyclic) bond motifs is 2. The van der Waals surface area contributed by atoms with Gasteiger partial charge in [0.25, 0.3) is 0 Å². The second kappa shape index (κ2) is 21.6. The molecule has 0 amide bonds. The fraction of sp³-hybridized carbons (Fsp3) is 0.292. The molecule has 0 fully saturated rings. The van der Waals surface area contributed by atoms with Crippen molar-refractivity contribution in [1.29, 1.82) is 5.41 Å². The molecule has 0 radical (unpaired) electrons. The normalized spacial score (nSPS) is 12.3. The van der Waals surface area contributed by atoms with Crippen LogP contribution in [0.3, 0.4) is 0 Å². The number of anilines is 1. The summed E-state index contributed by atoms with van der Waals surface area (Å²) >= 11 is 15.1. The lowest BCUT2D eigenvalue weighted by atomic mass is 9.88. The molecule has 14 nitrogen and oxygen atoms in total. The zero-order chi connectivity index (χ0) is 47.1. The third kappa shape index (κ3) is 11.0. The van der Waals surface area contributed by atoms with Crippen LogP contribution in [-0.2, 0) is 13.1 Å². The van der Waals surface area contributed by atoms with Crippen LogP contribution >= 0.6 is 46.7 Å². The Labute approximate surface area is 402 Å². The summed E-state index contributed by atoms with van der Waals surface area (Å²) in [6.45, 7) is 10.2. The summed E-state index contributed by atoms with van der Waals surface area (Å²) in [6, 6.07) is 27.3. The van der Waals surface area contributed by atoms with E-state index in [4.69, 9.17) is 63.3 Å². The van der Waals surface area contributed by atoms with E-state index in [0.717, 1.165) is 48.0 Å². The number of aromatic nitrogens is 8. The molecule has 4 aromatic heterocycles. The Morgan fingerprint density at radius 2 is 1.21 bits per heavy atom. The van der Waals surface area contributed by atoms with Crippen molar-refractivity contribution in [2.45, 2.75) is 72.7 Å². The average molecular weight is 968 g/mol. The van der Waals surface area contributed by atoms with Crippen LogP contribution in [0.1, 0.15) is 50.7 Å². The number of halogens is 2. The van der Waals surface area contributed by atoms with E-state index in [1.807, 2.05) is 65.2 Å². The third-order valence-corrected chi connectivity index (χ3v) is 13.6. The Kier molecular flexibility index (Phi) is 15.7. The van der Waals surface area contributed by atoms with E-state index in [-0.39, 0.29) is 17.3 Å². The van der Waals surface area contributed by atoms with E-state index in [1.165, 1.54) is 41.0 Å². The van der Waals surface area contributed by atoms with Crippen LogP contribution < -0.4 is 30.2 Å². The number of nitrogens with two attached hydrogens (primary N) is 1. The highest BCUT2D eigenvalue weighted by Crippen LogP contribution is 2.41. The molecular formula is C48H52Cl2N10O4S2. The Morgan fingerprint density at radius 3 is 1.74 bits per heavy atom. The van der Waals surface area contributed by atoms with Gasteiger partial charge in [-0.15, -0.1) is 0 Å². The fourth-order valence-electron chi connectivity index (χ4n) is 7.48. The zero-order valence-electron chi connectivity index (χ0n) is 37.9. The maximum absolute atomic E-state index is 8.29. The first-order valence-corrected chi connectivity index (χ1v) is 23.5. The van der Waals surface area contributed by atoms with E-state index in [2.05, 4.69) is 76.5 Å². The Balaban J connectivity index is 0.000000196. The number of benzene rings is 4. The first-order chi connectivity index (χ1) is 31.8. The second-order valence-electron chi connectivity index (χ2n) is 16.0. The number of nitrogens with zero attached hydrogens (tertiary/aromatic N) is 7. The number of H-pyrrole nitrogens is 1. The number of hydrogen-bond acceptors (Lipinski definition) is 13. The number of nitrogens with one attached hydrogen (secondary N) is 2. The molecule has 0 aliphatic heterocycles. The quantitative estimate of drug-likeness (QED) is 0.0836. The van der Waals surface area contributed by atoms with Gasteiger partial charge in [-0.1, -0.05) is 75.2 Å². The summed E-state index contributed by atoms with van der Waals surface area (Å²) in [7, 11) is 6.55. The standard InChI is InChI=1S/2C24H26ClN5O2S/c1-14(2)18(15-5-7-16(25)8-6-15)12-30-13-27-22(26)21-23(30)29-24(28-21)33-20-11-17(31-3)9-10-19(20)32-4;1-14(2)18(15-5-7-16(25)8-6-15)12-30-23-21(22(26)27-13-28-23)29-24(30)33-20-11-17(31-3)9-10-19(20)32-4/h5-11,13-14,18,26H,12H2,1-4H3,(H,28,29);5-11,13-14,18H,12H2,1-4H3,(H2,26,27,28). The van der Waals surface area contributed by atoms with Crippen LogP contribution in [0.2, 0.25) is 10.0 Å². The molecule has 4 N–H and O–H groups in total. The van der Waals surface area contributed by atoms with Crippen molar-refractivity contribution in [2.24, 2.45) is 11.8 Å². The van der Waals surface area contributed by atoms with Gasteiger partial charge in [0, 0.05) is 35.0 Å². The smallest absolute Gasteiger partial charge is 0.175 e. The van der Waals surface area contributed by atoms with Crippen molar-refractivity contribution in [3.63, 3.8) is 0 Å². The highest BCUT2D eigenvalue weighted by Gasteiger charge is 2.24. The maximum atomic E-state index is 8.29. The van der Waals surface area contributed by atoms with Crippen molar-refractivity contribution in [3.05, 3.63) is 124 Å². The number of imidazole rings is 2. The molecule has 0 saturated carbocycles. The summed E-state index contributed by atoms with van der Waals surface area (Å²) in [4.78, 5) is 27.6. The lowest BCUT2D eigenvalue weighted by Crippen LogP contribution is -2.19. The lowest BCUT2D eigenvalue weighted by molar-refractivity contribution is 0.394. The Bertz CT molecular complexity index is 2980. The number of methoxy groups -OCH3 is 4. The molecule has 0 spiro atoms. The molecule has 8 rings (SSSR count). The Morgan fingerprint density at radius 1 is 0.667 bits per heavy atom. The molecule has 8 aromatic rings. The zero-order valence-corrected chi connectivity index (χ0v) is 41.0. The monoisotopic (exact) mass is 966 g/mol. The SMILES string of the molecule is COc1ccc(OC)c(Sc2nc3c(N)ncnc3n2CC(c2ccc(Cl)cc2)C(C)C)c1.COc1ccc(OC)c(Sc2nc3c([nH]2)c(=N)ncn3CC(c2ccc(Cl)cc2)C(C)C)c1. The molecule has 18 heteroatoms. The van der Waals surface area contributed by atoms with Gasteiger partial charge < -0.3 is 38.8 Å². The molecule has 2 unspecified atom stereocenters. The summed E-state index contributed by atoms with van der Waals surface area (Å²) in [5.41, 5.74) is 11.3. The molecule has 0 bridgehead atoms. The highest BCUT2D eigenvalue weighted by molar-refractivity contribution is 7.99. The van der Waals surface area contributed by atoms with Gasteiger partial charge in [0.2, 0.25) is 0 Å². The predicted octanol–water partition coefficient (Wildman–Crippen LogP) is 11.2. The van der Waals surface area contributed by atoms with Crippen LogP contribution in [0.15, 0.2) is 118 Å². The highest BCUT2D eigenvalue weighted by atomic mass is 35.5. The second-order valence-corrected chi connectivity index (χ2v) is 18.9. The molecule has 66 heavy (non-hydrogen) atoms. The minimum Gasteiger partial charge on any atom is -0.497 e. The summed E-state index contributed by atoms with van der Waals surface area (Å²) < 4.78 is 26.0. The van der Waals surface area contributed by atoms with E-state index >= 15 is 0 Å². The lowest BCUT2D eigenvalue weighted by Gasteiger charge is -2.23. The summed E-state index contributed by atoms with van der Waals surface area (Å²) in [5, 5.41) is 11.1. The first kappa shape index (κ1) is 48.0. The molecule has 344 valence electrons.